The van der Waals surface area contributed by atoms with E-state index in [0.717, 1.165) is 46.8 Å². The summed E-state index contributed by atoms with van der Waals surface area (Å²) in [6.07, 6.45) is 10.4. The van der Waals surface area contributed by atoms with E-state index in [1.807, 2.05) is 32.3 Å². The van der Waals surface area contributed by atoms with Crippen LogP contribution in [0.1, 0.15) is 66.4 Å². The molecule has 37 heavy (non-hydrogen) atoms. The summed E-state index contributed by atoms with van der Waals surface area (Å²) >= 11 is 0. The van der Waals surface area contributed by atoms with Crippen molar-refractivity contribution < 1.29 is 23.6 Å². The van der Waals surface area contributed by atoms with E-state index in [1.165, 1.54) is 31.7 Å². The molecular formula is C29H28FN3O4. The summed E-state index contributed by atoms with van der Waals surface area (Å²) in [5.41, 5.74) is 4.16. The highest BCUT2D eigenvalue weighted by Crippen LogP contribution is 2.54. The van der Waals surface area contributed by atoms with Gasteiger partial charge in [-0.2, -0.15) is 0 Å². The normalized spacial score (nSPS) is 17.6. The summed E-state index contributed by atoms with van der Waals surface area (Å²) in [7, 11) is 0. The Hall–Kier alpha value is -3.68. The summed E-state index contributed by atoms with van der Waals surface area (Å²) in [4.78, 5) is 16.6. The lowest BCUT2D eigenvalue weighted by molar-refractivity contribution is 0.0695. The van der Waals surface area contributed by atoms with Crippen molar-refractivity contribution in [2.45, 2.75) is 64.5 Å². The van der Waals surface area contributed by atoms with Crippen LogP contribution in [0.4, 0.5) is 4.39 Å². The molecule has 7 nitrogen and oxygen atoms in total. The van der Waals surface area contributed by atoms with Gasteiger partial charge in [0, 0.05) is 40.5 Å². The van der Waals surface area contributed by atoms with E-state index in [-0.39, 0.29) is 17.4 Å². The van der Waals surface area contributed by atoms with Crippen LogP contribution in [-0.2, 0) is 0 Å². The first kappa shape index (κ1) is 22.5. The number of carboxylic acids is 1. The van der Waals surface area contributed by atoms with Crippen LogP contribution >= 0.6 is 0 Å². The van der Waals surface area contributed by atoms with Crippen LogP contribution in [0.5, 0.6) is 5.75 Å². The van der Waals surface area contributed by atoms with Crippen molar-refractivity contribution >= 4 is 17.0 Å². The molecule has 0 radical (unpaired) electrons. The molecule has 0 unspecified atom stereocenters. The minimum absolute atomic E-state index is 0.0165. The number of aromatic nitrogens is 3. The average Bonchev–Trinajstić information content (AvgIpc) is 3.74. The number of pyridine rings is 1. The second kappa shape index (κ2) is 8.16. The highest BCUT2D eigenvalue weighted by Gasteiger charge is 2.43. The molecule has 3 saturated carbocycles. The Morgan fingerprint density at radius 2 is 1.84 bits per heavy atom. The Labute approximate surface area is 213 Å². The number of hydrogen-bond donors (Lipinski definition) is 1. The molecule has 3 fully saturated rings. The summed E-state index contributed by atoms with van der Waals surface area (Å²) in [5.74, 6) is 0.410. The van der Waals surface area contributed by atoms with Crippen LogP contribution < -0.4 is 4.74 Å². The van der Waals surface area contributed by atoms with Crippen LogP contribution in [0.15, 0.2) is 35.1 Å². The van der Waals surface area contributed by atoms with Crippen LogP contribution in [0, 0.1) is 31.5 Å². The first-order chi connectivity index (χ1) is 17.9. The second-order valence-corrected chi connectivity index (χ2v) is 10.9. The number of nitrogens with zero attached hydrogens (tertiary/aromatic N) is 3. The van der Waals surface area contributed by atoms with Gasteiger partial charge < -0.3 is 18.9 Å². The van der Waals surface area contributed by atoms with Crippen LogP contribution in [0.3, 0.4) is 0 Å². The average molecular weight is 502 g/mol. The minimum Gasteiger partial charge on any atom is -0.490 e. The van der Waals surface area contributed by atoms with Gasteiger partial charge in [-0.15, -0.1) is 0 Å². The maximum atomic E-state index is 15.8. The Kier molecular flexibility index (Phi) is 4.97. The Morgan fingerprint density at radius 1 is 1.11 bits per heavy atom. The Morgan fingerprint density at radius 3 is 2.43 bits per heavy atom. The summed E-state index contributed by atoms with van der Waals surface area (Å²) < 4.78 is 29.6. The maximum absolute atomic E-state index is 15.8. The molecule has 190 valence electrons. The second-order valence-electron chi connectivity index (χ2n) is 10.9. The van der Waals surface area contributed by atoms with Crippen molar-refractivity contribution in [3.63, 3.8) is 0 Å². The SMILES string of the molecule is Cc1noc(C)c1-c1cnc2c(c1)c(-c1c(F)cc(C(=O)O)cc1OC1CC1)cn2C(C1CC1)C1CC1. The third-order valence-corrected chi connectivity index (χ3v) is 7.91. The van der Waals surface area contributed by atoms with E-state index >= 15 is 4.39 Å². The molecule has 1 aromatic carbocycles. The summed E-state index contributed by atoms with van der Waals surface area (Å²) in [6, 6.07) is 4.91. The predicted molar refractivity (Wildman–Crippen MR) is 135 cm³/mol. The maximum Gasteiger partial charge on any atom is 0.335 e. The van der Waals surface area contributed by atoms with Gasteiger partial charge in [-0.1, -0.05) is 5.16 Å². The number of hydrogen-bond acceptors (Lipinski definition) is 5. The lowest BCUT2D eigenvalue weighted by atomic mass is 9.99. The Bertz CT molecular complexity index is 1530. The molecule has 0 aliphatic heterocycles. The number of aryl methyl sites for hydroxylation is 2. The highest BCUT2D eigenvalue weighted by molar-refractivity contribution is 5.99. The van der Waals surface area contributed by atoms with E-state index in [2.05, 4.69) is 9.72 Å². The molecule has 0 spiro atoms. The molecule has 4 aromatic rings. The van der Waals surface area contributed by atoms with Crippen LogP contribution in [0.2, 0.25) is 0 Å². The first-order valence-corrected chi connectivity index (χ1v) is 13.1. The van der Waals surface area contributed by atoms with Crippen molar-refractivity contribution in [1.82, 2.24) is 14.7 Å². The summed E-state index contributed by atoms with van der Waals surface area (Å²) in [5, 5.41) is 14.5. The molecule has 0 amide bonds. The van der Waals surface area contributed by atoms with E-state index in [0.29, 0.717) is 34.8 Å². The van der Waals surface area contributed by atoms with Gasteiger partial charge in [0.15, 0.2) is 0 Å². The van der Waals surface area contributed by atoms with Gasteiger partial charge in [0.2, 0.25) is 0 Å². The fourth-order valence-electron chi connectivity index (χ4n) is 5.73. The minimum atomic E-state index is -1.18. The Balaban J connectivity index is 1.48. The third-order valence-electron chi connectivity index (χ3n) is 7.91. The number of ether oxygens (including phenoxy) is 1. The van der Waals surface area contributed by atoms with Gasteiger partial charge in [-0.25, -0.2) is 14.2 Å². The van der Waals surface area contributed by atoms with Crippen LogP contribution in [-0.4, -0.2) is 31.9 Å². The quantitative estimate of drug-likeness (QED) is 0.288. The molecule has 3 aliphatic rings. The largest absolute Gasteiger partial charge is 0.490 e. The molecule has 3 heterocycles. The van der Waals surface area contributed by atoms with E-state index in [1.54, 1.807) is 0 Å². The van der Waals surface area contributed by atoms with E-state index in [9.17, 15) is 9.90 Å². The van der Waals surface area contributed by atoms with Crippen molar-refractivity contribution in [2.75, 3.05) is 0 Å². The number of carboxylic acid groups (broad SMARTS) is 1. The molecule has 7 rings (SSSR count). The van der Waals surface area contributed by atoms with Crippen molar-refractivity contribution in [3.8, 4) is 28.0 Å². The van der Waals surface area contributed by atoms with Gasteiger partial charge in [0.25, 0.3) is 0 Å². The van der Waals surface area contributed by atoms with Gasteiger partial charge >= 0.3 is 5.97 Å². The van der Waals surface area contributed by atoms with Crippen molar-refractivity contribution in [1.29, 1.82) is 0 Å². The van der Waals surface area contributed by atoms with Gasteiger partial charge in [0.05, 0.1) is 22.9 Å². The summed E-state index contributed by atoms with van der Waals surface area (Å²) in [6.45, 7) is 3.76. The third kappa shape index (κ3) is 3.90. The zero-order valence-corrected chi connectivity index (χ0v) is 20.8. The zero-order chi connectivity index (χ0) is 25.4. The first-order valence-electron chi connectivity index (χ1n) is 13.1. The number of rotatable bonds is 8. The lowest BCUT2D eigenvalue weighted by Gasteiger charge is -2.19. The fourth-order valence-corrected chi connectivity index (χ4v) is 5.73. The van der Waals surface area contributed by atoms with Gasteiger partial charge in [0.1, 0.15) is 23.0 Å². The lowest BCUT2D eigenvalue weighted by Crippen LogP contribution is -2.13. The fraction of sp³-hybridized carbons (Fsp3) is 0.414. The zero-order valence-electron chi connectivity index (χ0n) is 20.8. The van der Waals surface area contributed by atoms with Crippen LogP contribution in [0.25, 0.3) is 33.3 Å². The number of carbonyl (C=O) groups is 1. The van der Waals surface area contributed by atoms with Crippen molar-refractivity contribution in [2.24, 2.45) is 11.8 Å². The number of halogens is 1. The number of aromatic carboxylic acids is 1. The molecule has 3 aliphatic carbocycles. The highest BCUT2D eigenvalue weighted by atomic mass is 19.1. The van der Waals surface area contributed by atoms with Gasteiger partial charge in [-0.05, 0) is 82.4 Å². The molecule has 0 atom stereocenters. The molecule has 0 saturated heterocycles. The van der Waals surface area contributed by atoms with Crippen molar-refractivity contribution in [3.05, 3.63) is 53.4 Å². The monoisotopic (exact) mass is 501 g/mol. The smallest absolute Gasteiger partial charge is 0.335 e. The molecular weight excluding hydrogens is 473 g/mol. The van der Waals surface area contributed by atoms with E-state index < -0.39 is 11.8 Å². The number of fused-ring (bicyclic) bond motifs is 1. The number of benzene rings is 1. The predicted octanol–water partition coefficient (Wildman–Crippen LogP) is 6.71. The van der Waals surface area contributed by atoms with Gasteiger partial charge in [-0.3, -0.25) is 0 Å². The standard InChI is InChI=1S/C29H28FN3O4/c1-14-25(15(2)37-32-14)19-9-21-22(13-33(28(21)31-12-19)27(16-3-4-16)17-5-6-17)26-23(30)10-18(29(34)35)11-24(26)36-20-7-8-20/h9-13,16-17,20,27H,3-8H2,1-2H3,(H,34,35). The molecule has 1 N–H and O–H groups in total. The topological polar surface area (TPSA) is 90.4 Å². The molecule has 3 aromatic heterocycles. The van der Waals surface area contributed by atoms with E-state index in [4.69, 9.17) is 14.2 Å². The molecule has 0 bridgehead atoms. The molecule has 8 heteroatoms.